The van der Waals surface area contributed by atoms with Crippen LogP contribution in [0, 0.1) is 22.8 Å². The third-order valence-corrected chi connectivity index (χ3v) is 8.14. The van der Waals surface area contributed by atoms with Crippen molar-refractivity contribution in [2.24, 2.45) is 5.41 Å². The lowest BCUT2D eigenvalue weighted by molar-refractivity contribution is -0.153. The van der Waals surface area contributed by atoms with Crippen LogP contribution in [0.25, 0.3) is 0 Å². The molecular formula is C23H32INO4. The molecule has 1 saturated carbocycles. The van der Waals surface area contributed by atoms with Gasteiger partial charge in [0.15, 0.2) is 6.10 Å². The first-order valence-electron chi connectivity index (χ1n) is 10.5. The van der Waals surface area contributed by atoms with Crippen LogP contribution in [-0.4, -0.2) is 34.5 Å². The number of hydrogen-bond donors (Lipinski definition) is 1. The number of carbonyl (C=O) groups is 2. The van der Waals surface area contributed by atoms with Crippen LogP contribution >= 0.6 is 22.6 Å². The highest BCUT2D eigenvalue weighted by Gasteiger charge is 2.37. The summed E-state index contributed by atoms with van der Waals surface area (Å²) in [6.45, 7) is 11.1. The number of fused-ring (bicyclic) bond motifs is 1. The summed E-state index contributed by atoms with van der Waals surface area (Å²) in [6, 6.07) is 0.311. The molecule has 29 heavy (non-hydrogen) atoms. The quantitative estimate of drug-likeness (QED) is 0.480. The van der Waals surface area contributed by atoms with Gasteiger partial charge in [-0.15, -0.1) is 0 Å². The van der Waals surface area contributed by atoms with Gasteiger partial charge in [-0.25, -0.2) is 4.79 Å². The van der Waals surface area contributed by atoms with Crippen LogP contribution in [0.3, 0.4) is 0 Å². The zero-order chi connectivity index (χ0) is 21.5. The summed E-state index contributed by atoms with van der Waals surface area (Å²) in [7, 11) is 0. The maximum atomic E-state index is 13.1. The molecule has 0 unspecified atom stereocenters. The first-order chi connectivity index (χ1) is 13.6. The number of amides is 1. The Bertz CT molecular complexity index is 823. The molecule has 1 amide bonds. The summed E-state index contributed by atoms with van der Waals surface area (Å²) in [5.74, 6) is -0.482. The minimum atomic E-state index is -1.32. The van der Waals surface area contributed by atoms with Gasteiger partial charge in [0.2, 0.25) is 5.91 Å². The fraction of sp³-hybridized carbons (Fsp3) is 0.652. The average molecular weight is 513 g/mol. The molecule has 1 aromatic carbocycles. The van der Waals surface area contributed by atoms with Gasteiger partial charge in [0.05, 0.1) is 13.0 Å². The van der Waals surface area contributed by atoms with E-state index in [1.165, 1.54) is 5.56 Å². The number of rotatable bonds is 4. The van der Waals surface area contributed by atoms with E-state index < -0.39 is 12.1 Å². The molecule has 0 spiro atoms. The fourth-order valence-corrected chi connectivity index (χ4v) is 5.80. The first kappa shape index (κ1) is 22.5. The van der Waals surface area contributed by atoms with Crippen LogP contribution in [0.2, 0.25) is 0 Å². The molecule has 5 nitrogen and oxygen atoms in total. The Kier molecular flexibility index (Phi) is 6.63. The number of carbonyl (C=O) groups excluding carboxylic acids is 2. The molecule has 1 aliphatic heterocycles. The van der Waals surface area contributed by atoms with Gasteiger partial charge < -0.3 is 14.7 Å². The number of ether oxygens (including phenoxy) is 1. The van der Waals surface area contributed by atoms with Crippen LogP contribution in [-0.2, 0) is 27.3 Å². The van der Waals surface area contributed by atoms with Crippen molar-refractivity contribution < 1.29 is 19.4 Å². The Hall–Kier alpha value is -1.15. The van der Waals surface area contributed by atoms with Gasteiger partial charge in [-0.1, -0.05) is 13.8 Å². The van der Waals surface area contributed by atoms with E-state index in [0.717, 1.165) is 45.9 Å². The van der Waals surface area contributed by atoms with Gasteiger partial charge in [0.25, 0.3) is 0 Å². The van der Waals surface area contributed by atoms with Crippen molar-refractivity contribution in [1.82, 2.24) is 4.90 Å². The third-order valence-electron chi connectivity index (χ3n) is 6.75. The van der Waals surface area contributed by atoms with Crippen molar-refractivity contribution in [3.63, 3.8) is 0 Å². The van der Waals surface area contributed by atoms with Crippen molar-refractivity contribution in [1.29, 1.82) is 0 Å². The molecule has 160 valence electrons. The minimum Gasteiger partial charge on any atom is -0.464 e. The predicted molar refractivity (Wildman–Crippen MR) is 121 cm³/mol. The molecule has 0 aromatic heterocycles. The highest BCUT2D eigenvalue weighted by molar-refractivity contribution is 14.1. The largest absolute Gasteiger partial charge is 0.464 e. The van der Waals surface area contributed by atoms with Gasteiger partial charge >= 0.3 is 5.97 Å². The van der Waals surface area contributed by atoms with Gasteiger partial charge in [-0.05, 0) is 96.7 Å². The molecule has 1 N–H and O–H groups in total. The predicted octanol–water partition coefficient (Wildman–Crippen LogP) is 4.36. The Balaban J connectivity index is 1.94. The van der Waals surface area contributed by atoms with Gasteiger partial charge in [0.1, 0.15) is 0 Å². The zero-order valence-electron chi connectivity index (χ0n) is 18.1. The molecule has 0 saturated heterocycles. The van der Waals surface area contributed by atoms with Crippen molar-refractivity contribution >= 4 is 34.5 Å². The summed E-state index contributed by atoms with van der Waals surface area (Å²) in [4.78, 5) is 27.3. The number of hydrogen-bond acceptors (Lipinski definition) is 4. The Labute approximate surface area is 187 Å². The summed E-state index contributed by atoms with van der Waals surface area (Å²) in [5, 5.41) is 10.6. The Morgan fingerprint density at radius 2 is 1.86 bits per heavy atom. The molecular weight excluding hydrogens is 481 g/mol. The number of aliphatic hydroxyl groups is 1. The maximum absolute atomic E-state index is 13.1. The molecule has 3 rings (SSSR count). The molecule has 1 heterocycles. The second-order valence-electron chi connectivity index (χ2n) is 9.18. The standard InChI is InChI=1S/C23H32INO4/c1-6-29-22(28)21(27)19-13(2)16-11-18(26)25(12-17(16)14(3)20(19)24)15-7-9-23(4,5)10-8-15/h15,21,27H,6-12H2,1-5H3/t21-/m0/s1. The topological polar surface area (TPSA) is 66.8 Å². The smallest absolute Gasteiger partial charge is 0.339 e. The van der Waals surface area contributed by atoms with E-state index in [-0.39, 0.29) is 12.5 Å². The van der Waals surface area contributed by atoms with E-state index in [2.05, 4.69) is 41.3 Å². The van der Waals surface area contributed by atoms with E-state index >= 15 is 0 Å². The second kappa shape index (κ2) is 8.53. The van der Waals surface area contributed by atoms with Crippen molar-refractivity contribution in [2.75, 3.05) is 6.61 Å². The van der Waals surface area contributed by atoms with E-state index in [1.807, 2.05) is 13.8 Å². The summed E-state index contributed by atoms with van der Waals surface area (Å²) >= 11 is 2.21. The molecule has 1 fully saturated rings. The molecule has 0 radical (unpaired) electrons. The second-order valence-corrected chi connectivity index (χ2v) is 10.3. The highest BCUT2D eigenvalue weighted by atomic mass is 127. The number of esters is 1. The fourth-order valence-electron chi connectivity index (χ4n) is 4.77. The van der Waals surface area contributed by atoms with Crippen LogP contribution in [0.15, 0.2) is 0 Å². The SMILES string of the molecule is CCOC(=O)[C@@H](O)c1c(C)c2c(c(C)c1I)CN(C1CCC(C)(C)CC1)C(=O)C2. The van der Waals surface area contributed by atoms with Crippen molar-refractivity contribution in [2.45, 2.75) is 85.4 Å². The van der Waals surface area contributed by atoms with Crippen LogP contribution in [0.4, 0.5) is 0 Å². The van der Waals surface area contributed by atoms with Crippen LogP contribution < -0.4 is 0 Å². The molecule has 1 aromatic rings. The van der Waals surface area contributed by atoms with E-state index in [4.69, 9.17) is 4.74 Å². The minimum absolute atomic E-state index is 0.155. The summed E-state index contributed by atoms with van der Waals surface area (Å²) in [5.41, 5.74) is 5.00. The Morgan fingerprint density at radius 3 is 2.45 bits per heavy atom. The monoisotopic (exact) mass is 513 g/mol. The van der Waals surface area contributed by atoms with E-state index in [0.29, 0.717) is 30.0 Å². The van der Waals surface area contributed by atoms with Crippen LogP contribution in [0.1, 0.15) is 80.4 Å². The molecule has 0 bridgehead atoms. The molecule has 1 aliphatic carbocycles. The number of aliphatic hydroxyl groups excluding tert-OH is 1. The zero-order valence-corrected chi connectivity index (χ0v) is 20.3. The van der Waals surface area contributed by atoms with Gasteiger partial charge in [-0.3, -0.25) is 4.79 Å². The number of benzene rings is 1. The van der Waals surface area contributed by atoms with E-state index in [9.17, 15) is 14.7 Å². The summed E-state index contributed by atoms with van der Waals surface area (Å²) < 4.78 is 5.91. The van der Waals surface area contributed by atoms with Crippen molar-refractivity contribution in [3.05, 3.63) is 31.4 Å². The van der Waals surface area contributed by atoms with Crippen LogP contribution in [0.5, 0.6) is 0 Å². The third kappa shape index (κ3) is 4.33. The van der Waals surface area contributed by atoms with Crippen molar-refractivity contribution in [3.8, 4) is 0 Å². The molecule has 1 atom stereocenters. The Morgan fingerprint density at radius 1 is 1.24 bits per heavy atom. The normalized spacial score (nSPS) is 20.4. The first-order valence-corrected chi connectivity index (χ1v) is 11.6. The highest BCUT2D eigenvalue weighted by Crippen LogP contribution is 2.41. The number of halogens is 1. The van der Waals surface area contributed by atoms with Gasteiger partial charge in [-0.2, -0.15) is 0 Å². The lowest BCUT2D eigenvalue weighted by atomic mass is 9.74. The summed E-state index contributed by atoms with van der Waals surface area (Å²) in [6.07, 6.45) is 3.43. The number of nitrogens with zero attached hydrogens (tertiary/aromatic N) is 1. The maximum Gasteiger partial charge on any atom is 0.339 e. The lowest BCUT2D eigenvalue weighted by Crippen LogP contribution is -2.46. The van der Waals surface area contributed by atoms with E-state index in [1.54, 1.807) is 6.92 Å². The molecule has 2 aliphatic rings. The average Bonchev–Trinajstić information content (AvgIpc) is 2.66. The lowest BCUT2D eigenvalue weighted by Gasteiger charge is -2.43. The van der Waals surface area contributed by atoms with Gasteiger partial charge in [0, 0.05) is 21.7 Å². The molecule has 6 heteroatoms.